The number of aliphatic hydroxyl groups excluding tert-OH is 2. The summed E-state index contributed by atoms with van der Waals surface area (Å²) in [6.07, 6.45) is 5.73. The van der Waals surface area contributed by atoms with Crippen LogP contribution in [0.5, 0.6) is 0 Å². The highest BCUT2D eigenvalue weighted by molar-refractivity contribution is 5.87. The summed E-state index contributed by atoms with van der Waals surface area (Å²) in [5, 5.41) is 32.3. The maximum Gasteiger partial charge on any atom is 0.333 e. The lowest BCUT2D eigenvalue weighted by Crippen LogP contribution is -2.68. The number of allylic oxidation sites excluding steroid dienone is 1. The van der Waals surface area contributed by atoms with Crippen LogP contribution in [-0.4, -0.2) is 96.7 Å². The fourth-order valence-electron chi connectivity index (χ4n) is 8.76. The van der Waals surface area contributed by atoms with Crippen LogP contribution in [0.4, 0.5) is 0 Å². The van der Waals surface area contributed by atoms with Crippen LogP contribution < -0.4 is 21.7 Å². The monoisotopic (exact) mass is 634 g/mol. The molecular weight excluding hydrogens is 576 g/mol. The Morgan fingerprint density at radius 2 is 2.00 bits per heavy atom. The summed E-state index contributed by atoms with van der Waals surface area (Å²) in [4.78, 5) is 26.6. The molecule has 11 nitrogen and oxygen atoms in total. The number of esters is 1. The van der Waals surface area contributed by atoms with E-state index in [0.717, 1.165) is 58.2 Å². The summed E-state index contributed by atoms with van der Waals surface area (Å²) < 4.78 is 19.8. The number of ether oxygens (including phenoxy) is 3. The summed E-state index contributed by atoms with van der Waals surface area (Å²) in [6, 6.07) is 0. The zero-order chi connectivity index (χ0) is 32.3. The third kappa shape index (κ3) is 7.83. The Balaban J connectivity index is 1.42. The highest BCUT2D eigenvalue weighted by Crippen LogP contribution is 2.52. The molecule has 13 atom stereocenters. The lowest BCUT2D eigenvalue weighted by atomic mass is 9.60. The van der Waals surface area contributed by atoms with Crippen molar-refractivity contribution in [3.63, 3.8) is 0 Å². The van der Waals surface area contributed by atoms with Crippen molar-refractivity contribution >= 4 is 11.8 Å². The number of fused-ring (bicyclic) bond motifs is 2. The molecule has 11 heteroatoms. The van der Waals surface area contributed by atoms with E-state index in [4.69, 9.17) is 19.9 Å². The van der Waals surface area contributed by atoms with E-state index in [2.05, 4.69) is 29.8 Å². The minimum atomic E-state index is -0.988. The van der Waals surface area contributed by atoms with Crippen LogP contribution >= 0.6 is 0 Å². The first-order valence-electron chi connectivity index (χ1n) is 17.5. The van der Waals surface area contributed by atoms with Crippen LogP contribution in [-0.2, 0) is 23.8 Å². The molecule has 13 unspecified atom stereocenters. The summed E-state index contributed by atoms with van der Waals surface area (Å²) in [5.41, 5.74) is 6.04. The Morgan fingerprint density at radius 3 is 2.67 bits per heavy atom. The van der Waals surface area contributed by atoms with Crippen molar-refractivity contribution in [3.8, 4) is 0 Å². The molecule has 4 saturated heterocycles. The van der Waals surface area contributed by atoms with Crippen molar-refractivity contribution < 1.29 is 34.0 Å². The summed E-state index contributed by atoms with van der Waals surface area (Å²) in [6.45, 7) is 10.2. The number of ketones is 1. The van der Waals surface area contributed by atoms with E-state index in [9.17, 15) is 19.8 Å². The van der Waals surface area contributed by atoms with Gasteiger partial charge in [0.05, 0.1) is 49.3 Å². The quantitative estimate of drug-likeness (QED) is 0.153. The van der Waals surface area contributed by atoms with Gasteiger partial charge in [-0.15, -0.1) is 0 Å². The number of carbonyl (C=O) groups is 2. The van der Waals surface area contributed by atoms with Gasteiger partial charge in [-0.05, 0) is 104 Å². The normalized spacial score (nSPS) is 44.2. The van der Waals surface area contributed by atoms with Crippen LogP contribution in [0, 0.1) is 29.6 Å². The lowest BCUT2D eigenvalue weighted by molar-refractivity contribution is -0.286. The van der Waals surface area contributed by atoms with Crippen molar-refractivity contribution in [1.82, 2.24) is 16.0 Å². The van der Waals surface area contributed by atoms with Crippen LogP contribution in [0.1, 0.15) is 85.5 Å². The smallest absolute Gasteiger partial charge is 0.333 e. The van der Waals surface area contributed by atoms with Crippen molar-refractivity contribution in [1.29, 1.82) is 0 Å². The molecule has 0 aromatic rings. The average molecular weight is 635 g/mol. The van der Waals surface area contributed by atoms with Crippen LogP contribution in [0.15, 0.2) is 11.6 Å². The number of piperidine rings is 2. The summed E-state index contributed by atoms with van der Waals surface area (Å²) in [5.74, 6) is -0.915. The molecule has 7 N–H and O–H groups in total. The maximum absolute atomic E-state index is 13.5. The van der Waals surface area contributed by atoms with E-state index in [1.54, 1.807) is 13.0 Å². The Kier molecular flexibility index (Phi) is 11.8. The Morgan fingerprint density at radius 1 is 1.20 bits per heavy atom. The molecule has 5 aliphatic rings. The van der Waals surface area contributed by atoms with Crippen molar-refractivity contribution in [2.24, 2.45) is 35.3 Å². The molecule has 45 heavy (non-hydrogen) atoms. The number of nitrogens with one attached hydrogen (secondary N) is 3. The molecule has 1 aliphatic carbocycles. The second-order valence-corrected chi connectivity index (χ2v) is 14.6. The predicted octanol–water partition coefficient (Wildman–Crippen LogP) is 1.74. The van der Waals surface area contributed by atoms with Gasteiger partial charge in [-0.25, -0.2) is 4.79 Å². The van der Waals surface area contributed by atoms with Crippen molar-refractivity contribution in [3.05, 3.63) is 11.6 Å². The number of nitrogens with two attached hydrogens (primary N) is 1. The van der Waals surface area contributed by atoms with Gasteiger partial charge in [0.15, 0.2) is 0 Å². The molecule has 0 radical (unpaired) electrons. The largest absolute Gasteiger partial charge is 0.456 e. The van der Waals surface area contributed by atoms with Crippen LogP contribution in [0.25, 0.3) is 0 Å². The summed E-state index contributed by atoms with van der Waals surface area (Å²) >= 11 is 0. The number of carbonyl (C=O) groups excluding carboxylic acids is 2. The molecule has 0 spiro atoms. The average Bonchev–Trinajstić information content (AvgIpc) is 3.02. The van der Waals surface area contributed by atoms with Gasteiger partial charge in [0, 0.05) is 23.8 Å². The van der Waals surface area contributed by atoms with Gasteiger partial charge in [0.2, 0.25) is 0 Å². The van der Waals surface area contributed by atoms with Gasteiger partial charge in [0.1, 0.15) is 17.5 Å². The third-order valence-corrected chi connectivity index (χ3v) is 11.5. The molecule has 256 valence electrons. The third-order valence-electron chi connectivity index (χ3n) is 11.5. The van der Waals surface area contributed by atoms with Crippen LogP contribution in [0.3, 0.4) is 0 Å². The Labute approximate surface area is 268 Å². The second kappa shape index (κ2) is 15.2. The molecule has 0 aromatic carbocycles. The van der Waals surface area contributed by atoms with E-state index in [1.807, 2.05) is 6.92 Å². The minimum absolute atomic E-state index is 0.0735. The van der Waals surface area contributed by atoms with Gasteiger partial charge >= 0.3 is 5.97 Å². The van der Waals surface area contributed by atoms with Gasteiger partial charge in [0.25, 0.3) is 0 Å². The molecule has 0 bridgehead atoms. The second-order valence-electron chi connectivity index (χ2n) is 14.6. The van der Waals surface area contributed by atoms with Crippen molar-refractivity contribution in [2.75, 3.05) is 26.2 Å². The van der Waals surface area contributed by atoms with E-state index in [0.29, 0.717) is 36.4 Å². The van der Waals surface area contributed by atoms with Crippen molar-refractivity contribution in [2.45, 2.75) is 134 Å². The standard InChI is InChI=1S/C34H58N4O7/c1-5-19(3)33(42)44-26-16-23-30(41)29-25(40)15-22(18-39)43-32(29)24(13-21-10-12-37-27(35)14-21)31(23)45-34(26,4)11-9-20-7-8-28(36-6-2)38-17-20/h5,20-24,26-32,36-39,41H,6-18,35H2,1-4H3. The number of Topliss-reactive ketones (excluding diaryl/α,β-unsaturated/α-hetero) is 1. The molecule has 4 aliphatic heterocycles. The van der Waals surface area contributed by atoms with E-state index >= 15 is 0 Å². The van der Waals surface area contributed by atoms with Crippen LogP contribution in [0.2, 0.25) is 0 Å². The first kappa shape index (κ1) is 34.9. The fraction of sp³-hybridized carbons (Fsp3) is 0.882. The van der Waals surface area contributed by atoms with Gasteiger partial charge in [-0.1, -0.05) is 13.0 Å². The predicted molar refractivity (Wildman–Crippen MR) is 170 cm³/mol. The lowest BCUT2D eigenvalue weighted by Gasteiger charge is -2.58. The summed E-state index contributed by atoms with van der Waals surface area (Å²) in [7, 11) is 0. The molecule has 0 amide bonds. The van der Waals surface area contributed by atoms with E-state index in [1.165, 1.54) is 0 Å². The topological polar surface area (TPSA) is 164 Å². The molecule has 5 rings (SSSR count). The zero-order valence-corrected chi connectivity index (χ0v) is 27.7. The Hall–Kier alpha value is -1.44. The van der Waals surface area contributed by atoms with E-state index < -0.39 is 35.9 Å². The van der Waals surface area contributed by atoms with Gasteiger partial charge in [-0.2, -0.15) is 0 Å². The minimum Gasteiger partial charge on any atom is -0.456 e. The van der Waals surface area contributed by atoms with E-state index in [-0.39, 0.29) is 48.9 Å². The first-order valence-corrected chi connectivity index (χ1v) is 17.5. The maximum atomic E-state index is 13.5. The van der Waals surface area contributed by atoms with Gasteiger partial charge in [-0.3, -0.25) is 4.79 Å². The highest BCUT2D eigenvalue weighted by Gasteiger charge is 2.61. The number of hydrogen-bond donors (Lipinski definition) is 6. The molecule has 5 fully saturated rings. The molecule has 4 heterocycles. The highest BCUT2D eigenvalue weighted by atomic mass is 16.6. The fourth-order valence-corrected chi connectivity index (χ4v) is 8.76. The molecular formula is C34H58N4O7. The SMILES string of the molecule is CC=C(C)C(=O)OC1CC2C(O)C3C(=O)CC(CO)OC3C(CC3CCNC(N)C3)C2OC1(C)CCC1CCC(NCC)NC1. The Bertz CT molecular complexity index is 1050. The number of hydrogen-bond acceptors (Lipinski definition) is 11. The number of aliphatic hydroxyl groups is 2. The molecule has 1 saturated carbocycles. The zero-order valence-electron chi connectivity index (χ0n) is 27.7. The number of rotatable bonds is 10. The van der Waals surface area contributed by atoms with Gasteiger partial charge < -0.3 is 46.1 Å². The molecule has 0 aromatic heterocycles. The first-order chi connectivity index (χ1) is 21.6.